The number of anilines is 1. The highest BCUT2D eigenvalue weighted by molar-refractivity contribution is 6.03. The van der Waals surface area contributed by atoms with E-state index in [0.717, 1.165) is 11.4 Å². The van der Waals surface area contributed by atoms with Crippen LogP contribution >= 0.6 is 0 Å². The summed E-state index contributed by atoms with van der Waals surface area (Å²) in [6.45, 7) is 1.95. The van der Waals surface area contributed by atoms with E-state index in [1.54, 1.807) is 28.9 Å². The van der Waals surface area contributed by atoms with E-state index in [0.29, 0.717) is 17.7 Å². The molecular formula is C18H15N5O. The molecule has 0 bridgehead atoms. The average molecular weight is 317 g/mol. The minimum Gasteiger partial charge on any atom is -0.320 e. The van der Waals surface area contributed by atoms with Gasteiger partial charge in [-0.2, -0.15) is 5.26 Å². The summed E-state index contributed by atoms with van der Waals surface area (Å²) in [5.41, 5.74) is 2.90. The Hall–Kier alpha value is -3.46. The molecule has 24 heavy (non-hydrogen) atoms. The second-order valence-corrected chi connectivity index (χ2v) is 5.13. The Morgan fingerprint density at radius 3 is 2.71 bits per heavy atom. The van der Waals surface area contributed by atoms with Crippen molar-refractivity contribution in [2.75, 3.05) is 5.32 Å². The Morgan fingerprint density at radius 2 is 2.00 bits per heavy atom. The minimum atomic E-state index is -0.343. The number of aromatic nitrogens is 3. The van der Waals surface area contributed by atoms with Crippen molar-refractivity contribution in [3.8, 4) is 11.8 Å². The van der Waals surface area contributed by atoms with Crippen LogP contribution in [0.1, 0.15) is 28.7 Å². The van der Waals surface area contributed by atoms with Gasteiger partial charge >= 0.3 is 0 Å². The van der Waals surface area contributed by atoms with Gasteiger partial charge in [0, 0.05) is 5.69 Å². The van der Waals surface area contributed by atoms with Gasteiger partial charge in [0.25, 0.3) is 5.91 Å². The van der Waals surface area contributed by atoms with Crippen molar-refractivity contribution < 1.29 is 4.79 Å². The largest absolute Gasteiger partial charge is 0.320 e. The summed E-state index contributed by atoms with van der Waals surface area (Å²) in [5, 5.41) is 19.8. The SMILES string of the molecule is CCc1c(C(=O)Nc2cccc(C#N)c2)nnn1-c1ccccc1. The van der Waals surface area contributed by atoms with Gasteiger partial charge in [0.15, 0.2) is 5.69 Å². The zero-order chi connectivity index (χ0) is 16.9. The molecule has 3 rings (SSSR count). The average Bonchev–Trinajstić information content (AvgIpc) is 3.06. The number of benzene rings is 2. The molecule has 118 valence electrons. The highest BCUT2D eigenvalue weighted by Crippen LogP contribution is 2.16. The number of carbonyl (C=O) groups is 1. The van der Waals surface area contributed by atoms with Gasteiger partial charge in [0.2, 0.25) is 0 Å². The molecule has 0 atom stereocenters. The summed E-state index contributed by atoms with van der Waals surface area (Å²) in [6.07, 6.45) is 0.614. The van der Waals surface area contributed by atoms with Gasteiger partial charge in [-0.1, -0.05) is 36.4 Å². The van der Waals surface area contributed by atoms with E-state index in [4.69, 9.17) is 5.26 Å². The lowest BCUT2D eigenvalue weighted by Gasteiger charge is -2.07. The second kappa shape index (κ2) is 6.75. The Labute approximate surface area is 139 Å². The van der Waals surface area contributed by atoms with Crippen LogP contribution in [0.3, 0.4) is 0 Å². The Balaban J connectivity index is 1.91. The van der Waals surface area contributed by atoms with Crippen LogP contribution in [-0.2, 0) is 6.42 Å². The number of hydrogen-bond donors (Lipinski definition) is 1. The van der Waals surface area contributed by atoms with Crippen molar-refractivity contribution in [3.05, 3.63) is 71.5 Å². The summed E-state index contributed by atoms with van der Waals surface area (Å²) in [7, 11) is 0. The molecule has 1 N–H and O–H groups in total. The number of nitriles is 1. The topological polar surface area (TPSA) is 83.6 Å². The highest BCUT2D eigenvalue weighted by atomic mass is 16.2. The van der Waals surface area contributed by atoms with Crippen LogP contribution in [-0.4, -0.2) is 20.9 Å². The van der Waals surface area contributed by atoms with Crippen molar-refractivity contribution >= 4 is 11.6 Å². The third-order valence-electron chi connectivity index (χ3n) is 3.56. The Kier molecular flexibility index (Phi) is 4.34. The molecular weight excluding hydrogens is 302 g/mol. The van der Waals surface area contributed by atoms with Crippen LogP contribution in [0, 0.1) is 11.3 Å². The van der Waals surface area contributed by atoms with E-state index in [9.17, 15) is 4.79 Å². The van der Waals surface area contributed by atoms with Crippen LogP contribution in [0.25, 0.3) is 5.69 Å². The maximum atomic E-state index is 12.5. The first-order valence-electron chi connectivity index (χ1n) is 7.54. The fourth-order valence-corrected chi connectivity index (χ4v) is 2.43. The van der Waals surface area contributed by atoms with Crippen molar-refractivity contribution in [2.45, 2.75) is 13.3 Å². The van der Waals surface area contributed by atoms with Gasteiger partial charge in [0.1, 0.15) is 0 Å². The lowest BCUT2D eigenvalue weighted by molar-refractivity contribution is 0.102. The number of amides is 1. The molecule has 0 saturated carbocycles. The van der Waals surface area contributed by atoms with Crippen molar-refractivity contribution in [1.29, 1.82) is 5.26 Å². The first-order valence-corrected chi connectivity index (χ1v) is 7.54. The molecule has 1 aromatic heterocycles. The molecule has 1 amide bonds. The standard InChI is InChI=1S/C18H15N5O/c1-2-16-17(21-22-23(16)15-9-4-3-5-10-15)18(24)20-14-8-6-7-13(11-14)12-19/h3-11H,2H2,1H3,(H,20,24). The van der Waals surface area contributed by atoms with E-state index in [1.165, 1.54) is 0 Å². The molecule has 0 fully saturated rings. The second-order valence-electron chi connectivity index (χ2n) is 5.13. The molecule has 3 aromatic rings. The van der Waals surface area contributed by atoms with E-state index >= 15 is 0 Å². The number of nitrogens with one attached hydrogen (secondary N) is 1. The summed E-state index contributed by atoms with van der Waals surface area (Å²) < 4.78 is 1.67. The summed E-state index contributed by atoms with van der Waals surface area (Å²) >= 11 is 0. The quantitative estimate of drug-likeness (QED) is 0.802. The van der Waals surface area contributed by atoms with Gasteiger partial charge in [-0.25, -0.2) is 4.68 Å². The number of nitrogens with zero attached hydrogens (tertiary/aromatic N) is 4. The van der Waals surface area contributed by atoms with Crippen molar-refractivity contribution in [3.63, 3.8) is 0 Å². The fourth-order valence-electron chi connectivity index (χ4n) is 2.43. The fraction of sp³-hybridized carbons (Fsp3) is 0.111. The third kappa shape index (κ3) is 3.01. The Morgan fingerprint density at radius 1 is 1.21 bits per heavy atom. The van der Waals surface area contributed by atoms with Gasteiger partial charge < -0.3 is 5.32 Å². The molecule has 6 nitrogen and oxygen atoms in total. The lowest BCUT2D eigenvalue weighted by atomic mass is 10.2. The van der Waals surface area contributed by atoms with Crippen LogP contribution in [0.2, 0.25) is 0 Å². The Bertz CT molecular complexity index is 909. The molecule has 0 saturated heterocycles. The maximum absolute atomic E-state index is 12.5. The summed E-state index contributed by atoms with van der Waals surface area (Å²) in [6, 6.07) is 18.3. The zero-order valence-electron chi connectivity index (χ0n) is 13.1. The van der Waals surface area contributed by atoms with E-state index in [2.05, 4.69) is 15.6 Å². The van der Waals surface area contributed by atoms with Crippen LogP contribution in [0.5, 0.6) is 0 Å². The normalized spacial score (nSPS) is 10.2. The predicted octanol–water partition coefficient (Wildman–Crippen LogP) is 2.95. The van der Waals surface area contributed by atoms with E-state index in [-0.39, 0.29) is 11.6 Å². The molecule has 0 aliphatic heterocycles. The van der Waals surface area contributed by atoms with Crippen molar-refractivity contribution in [1.82, 2.24) is 15.0 Å². The zero-order valence-corrected chi connectivity index (χ0v) is 13.1. The number of carbonyl (C=O) groups excluding carboxylic acids is 1. The summed E-state index contributed by atoms with van der Waals surface area (Å²) in [5.74, 6) is -0.343. The number of para-hydroxylation sites is 1. The number of hydrogen-bond acceptors (Lipinski definition) is 4. The van der Waals surface area contributed by atoms with Crippen LogP contribution in [0.15, 0.2) is 54.6 Å². The first kappa shape index (κ1) is 15.4. The molecule has 2 aromatic carbocycles. The first-order chi connectivity index (χ1) is 11.7. The van der Waals surface area contributed by atoms with Crippen LogP contribution in [0.4, 0.5) is 5.69 Å². The smallest absolute Gasteiger partial charge is 0.278 e. The maximum Gasteiger partial charge on any atom is 0.278 e. The molecule has 1 heterocycles. The third-order valence-corrected chi connectivity index (χ3v) is 3.56. The number of rotatable bonds is 4. The van der Waals surface area contributed by atoms with Gasteiger partial charge in [-0.05, 0) is 36.8 Å². The van der Waals surface area contributed by atoms with Gasteiger partial charge in [-0.15, -0.1) is 5.10 Å². The molecule has 0 aliphatic carbocycles. The molecule has 0 aliphatic rings. The highest BCUT2D eigenvalue weighted by Gasteiger charge is 2.19. The molecule has 0 unspecified atom stereocenters. The molecule has 0 spiro atoms. The monoisotopic (exact) mass is 317 g/mol. The summed E-state index contributed by atoms with van der Waals surface area (Å²) in [4.78, 5) is 12.5. The van der Waals surface area contributed by atoms with E-state index in [1.807, 2.05) is 43.3 Å². The minimum absolute atomic E-state index is 0.281. The van der Waals surface area contributed by atoms with E-state index < -0.39 is 0 Å². The predicted molar refractivity (Wildman–Crippen MR) is 89.8 cm³/mol. The molecule has 0 radical (unpaired) electrons. The molecule has 6 heteroatoms. The van der Waals surface area contributed by atoms with Crippen molar-refractivity contribution in [2.24, 2.45) is 0 Å². The lowest BCUT2D eigenvalue weighted by Crippen LogP contribution is -2.15. The van der Waals surface area contributed by atoms with Gasteiger partial charge in [0.05, 0.1) is 23.0 Å². The van der Waals surface area contributed by atoms with Crippen LogP contribution < -0.4 is 5.32 Å². The van der Waals surface area contributed by atoms with Gasteiger partial charge in [-0.3, -0.25) is 4.79 Å².